The molecule has 0 aliphatic rings. The molecule has 0 spiro atoms. The van der Waals surface area contributed by atoms with Crippen molar-refractivity contribution in [3.8, 4) is 6.07 Å². The molecule has 0 saturated carbocycles. The van der Waals surface area contributed by atoms with E-state index in [-0.39, 0.29) is 16.3 Å². The number of nitrogens with one attached hydrogen (secondary N) is 1. The van der Waals surface area contributed by atoms with Crippen molar-refractivity contribution in [2.75, 3.05) is 5.32 Å². The van der Waals surface area contributed by atoms with E-state index in [1.54, 1.807) is 6.07 Å². The molecule has 2 aromatic rings. The molecule has 2 nitrogen and oxygen atoms in total. The molecule has 0 radical (unpaired) electrons. The molecule has 2 aromatic carbocycles. The second-order valence-electron chi connectivity index (χ2n) is 3.68. The first-order valence-electron chi connectivity index (χ1n) is 5.12. The van der Waals surface area contributed by atoms with Gasteiger partial charge in [-0.15, -0.1) is 0 Å². The van der Waals surface area contributed by atoms with Gasteiger partial charge in [-0.25, -0.2) is 13.2 Å². The SMILES string of the molecule is N#Cc1cc(F)c(Nc2ccc(F)cc2Cl)c(F)c1. The number of hydrogen-bond donors (Lipinski definition) is 1. The smallest absolute Gasteiger partial charge is 0.150 e. The molecule has 0 bridgehead atoms. The molecule has 0 saturated heterocycles. The number of benzene rings is 2. The lowest BCUT2D eigenvalue weighted by atomic mass is 10.2. The van der Waals surface area contributed by atoms with Gasteiger partial charge in [0.1, 0.15) is 11.5 Å². The van der Waals surface area contributed by atoms with Gasteiger partial charge in [0.2, 0.25) is 0 Å². The summed E-state index contributed by atoms with van der Waals surface area (Å²) in [7, 11) is 0. The lowest BCUT2D eigenvalue weighted by Gasteiger charge is -2.10. The second kappa shape index (κ2) is 5.21. The molecule has 0 unspecified atom stereocenters. The Kier molecular flexibility index (Phi) is 3.63. The van der Waals surface area contributed by atoms with Gasteiger partial charge >= 0.3 is 0 Å². The van der Waals surface area contributed by atoms with Crippen molar-refractivity contribution < 1.29 is 13.2 Å². The van der Waals surface area contributed by atoms with E-state index in [0.717, 1.165) is 24.3 Å². The fourth-order valence-corrected chi connectivity index (χ4v) is 1.70. The van der Waals surface area contributed by atoms with Crippen LogP contribution in [0.3, 0.4) is 0 Å². The monoisotopic (exact) mass is 282 g/mol. The van der Waals surface area contributed by atoms with Gasteiger partial charge < -0.3 is 5.32 Å². The van der Waals surface area contributed by atoms with Crippen LogP contribution in [0, 0.1) is 28.8 Å². The van der Waals surface area contributed by atoms with Gasteiger partial charge in [-0.05, 0) is 30.3 Å². The summed E-state index contributed by atoms with van der Waals surface area (Å²) in [6, 6.07) is 6.80. The number of hydrogen-bond acceptors (Lipinski definition) is 2. The van der Waals surface area contributed by atoms with Gasteiger partial charge in [0.15, 0.2) is 11.6 Å². The number of nitriles is 1. The quantitative estimate of drug-likeness (QED) is 0.887. The summed E-state index contributed by atoms with van der Waals surface area (Å²) in [6.07, 6.45) is 0. The van der Waals surface area contributed by atoms with E-state index < -0.39 is 23.1 Å². The van der Waals surface area contributed by atoms with Crippen LogP contribution in [0.1, 0.15) is 5.56 Å². The van der Waals surface area contributed by atoms with Crippen LogP contribution < -0.4 is 5.32 Å². The predicted molar refractivity (Wildman–Crippen MR) is 65.8 cm³/mol. The van der Waals surface area contributed by atoms with Crippen molar-refractivity contribution in [1.82, 2.24) is 0 Å². The van der Waals surface area contributed by atoms with Crippen molar-refractivity contribution >= 4 is 23.0 Å². The summed E-state index contributed by atoms with van der Waals surface area (Å²) in [4.78, 5) is 0. The maximum absolute atomic E-state index is 13.6. The maximum Gasteiger partial charge on any atom is 0.150 e. The van der Waals surface area contributed by atoms with Crippen molar-refractivity contribution in [2.24, 2.45) is 0 Å². The van der Waals surface area contributed by atoms with Crippen LogP contribution >= 0.6 is 11.6 Å². The Labute approximate surface area is 112 Å². The first kappa shape index (κ1) is 13.2. The van der Waals surface area contributed by atoms with Crippen LogP contribution in [0.5, 0.6) is 0 Å². The molecule has 2 rings (SSSR count). The fourth-order valence-electron chi connectivity index (χ4n) is 1.48. The highest BCUT2D eigenvalue weighted by atomic mass is 35.5. The lowest BCUT2D eigenvalue weighted by Crippen LogP contribution is -1.99. The molecule has 0 atom stereocenters. The summed E-state index contributed by atoms with van der Waals surface area (Å²) < 4.78 is 40.1. The Hall–Kier alpha value is -2.19. The van der Waals surface area contributed by atoms with E-state index >= 15 is 0 Å². The van der Waals surface area contributed by atoms with Crippen LogP contribution in [0.2, 0.25) is 5.02 Å². The third kappa shape index (κ3) is 2.80. The Bertz CT molecular complexity index is 657. The summed E-state index contributed by atoms with van der Waals surface area (Å²) in [5.74, 6) is -2.43. The van der Waals surface area contributed by atoms with Gasteiger partial charge in [-0.1, -0.05) is 11.6 Å². The Morgan fingerprint density at radius 2 is 1.68 bits per heavy atom. The zero-order valence-electron chi connectivity index (χ0n) is 9.35. The van der Waals surface area contributed by atoms with Crippen molar-refractivity contribution in [3.05, 3.63) is 58.4 Å². The van der Waals surface area contributed by atoms with Crippen molar-refractivity contribution in [2.45, 2.75) is 0 Å². The largest absolute Gasteiger partial charge is 0.350 e. The zero-order valence-corrected chi connectivity index (χ0v) is 10.1. The summed E-state index contributed by atoms with van der Waals surface area (Å²) in [5, 5.41) is 11.0. The van der Waals surface area contributed by atoms with E-state index in [4.69, 9.17) is 16.9 Å². The van der Waals surface area contributed by atoms with Crippen LogP contribution in [-0.2, 0) is 0 Å². The molecule has 0 aliphatic heterocycles. The molecular formula is C13H6ClF3N2. The van der Waals surface area contributed by atoms with Gasteiger partial charge in [0, 0.05) is 0 Å². The predicted octanol–water partition coefficient (Wildman–Crippen LogP) is 4.37. The fraction of sp³-hybridized carbons (Fsp3) is 0. The average Bonchev–Trinajstić information content (AvgIpc) is 2.35. The summed E-state index contributed by atoms with van der Waals surface area (Å²) in [5.41, 5.74) is -0.427. The Balaban J connectivity index is 2.41. The van der Waals surface area contributed by atoms with E-state index in [1.807, 2.05) is 0 Å². The van der Waals surface area contributed by atoms with Crippen molar-refractivity contribution in [3.63, 3.8) is 0 Å². The van der Waals surface area contributed by atoms with Gasteiger partial charge in [-0.2, -0.15) is 5.26 Å². The Morgan fingerprint density at radius 1 is 1.05 bits per heavy atom. The second-order valence-corrected chi connectivity index (χ2v) is 4.08. The third-order valence-corrected chi connectivity index (χ3v) is 2.67. The molecule has 0 aliphatic carbocycles. The van der Waals surface area contributed by atoms with Crippen LogP contribution in [0.15, 0.2) is 30.3 Å². The molecule has 0 fully saturated rings. The van der Waals surface area contributed by atoms with E-state index in [1.165, 1.54) is 6.07 Å². The van der Waals surface area contributed by atoms with Crippen LogP contribution in [0.25, 0.3) is 0 Å². The first-order valence-corrected chi connectivity index (χ1v) is 5.50. The molecule has 6 heteroatoms. The number of anilines is 2. The normalized spacial score (nSPS) is 10.1. The van der Waals surface area contributed by atoms with Crippen molar-refractivity contribution in [1.29, 1.82) is 5.26 Å². The molecule has 96 valence electrons. The Morgan fingerprint density at radius 3 is 2.21 bits per heavy atom. The molecule has 19 heavy (non-hydrogen) atoms. The van der Waals surface area contributed by atoms with E-state index in [2.05, 4.69) is 5.32 Å². The highest BCUT2D eigenvalue weighted by molar-refractivity contribution is 6.33. The number of halogens is 4. The number of nitrogens with zero attached hydrogens (tertiary/aromatic N) is 1. The van der Waals surface area contributed by atoms with E-state index in [0.29, 0.717) is 0 Å². The highest BCUT2D eigenvalue weighted by Gasteiger charge is 2.13. The number of rotatable bonds is 2. The third-order valence-electron chi connectivity index (χ3n) is 2.36. The van der Waals surface area contributed by atoms with Crippen LogP contribution in [-0.4, -0.2) is 0 Å². The minimum Gasteiger partial charge on any atom is -0.350 e. The van der Waals surface area contributed by atoms with Gasteiger partial charge in [-0.3, -0.25) is 0 Å². The minimum atomic E-state index is -0.933. The molecule has 1 N–H and O–H groups in total. The van der Waals surface area contributed by atoms with E-state index in [9.17, 15) is 13.2 Å². The highest BCUT2D eigenvalue weighted by Crippen LogP contribution is 2.29. The lowest BCUT2D eigenvalue weighted by molar-refractivity contribution is 0.590. The van der Waals surface area contributed by atoms with Gasteiger partial charge in [0.25, 0.3) is 0 Å². The van der Waals surface area contributed by atoms with Crippen LogP contribution in [0.4, 0.5) is 24.5 Å². The minimum absolute atomic E-state index is 0.0110. The average molecular weight is 283 g/mol. The molecule has 0 aromatic heterocycles. The molecular weight excluding hydrogens is 277 g/mol. The summed E-state index contributed by atoms with van der Waals surface area (Å²) in [6.45, 7) is 0. The first-order chi connectivity index (χ1) is 9.01. The zero-order chi connectivity index (χ0) is 14.0. The van der Waals surface area contributed by atoms with Gasteiger partial charge in [0.05, 0.1) is 22.3 Å². The molecule has 0 heterocycles. The summed E-state index contributed by atoms with van der Waals surface area (Å²) >= 11 is 5.74. The standard InChI is InChI=1S/C13H6ClF3N2/c14-9-5-8(15)1-2-12(9)19-13-10(16)3-7(6-18)4-11(13)17/h1-5,19H. The maximum atomic E-state index is 13.6. The molecule has 0 amide bonds. The topological polar surface area (TPSA) is 35.8 Å².